The topological polar surface area (TPSA) is 87.7 Å². The number of imide groups is 1. The van der Waals surface area contributed by atoms with E-state index in [1.165, 1.54) is 0 Å². The van der Waals surface area contributed by atoms with Crippen molar-refractivity contribution in [3.05, 3.63) is 0 Å². The number of nitrogens with one attached hydrogen (secondary N) is 2. The highest BCUT2D eigenvalue weighted by molar-refractivity contribution is 6.07. The van der Waals surface area contributed by atoms with Crippen molar-refractivity contribution in [3.8, 4) is 0 Å². The molecule has 0 aromatic rings. The highest BCUT2D eigenvalue weighted by atomic mass is 19.4. The minimum atomic E-state index is -4.61. The van der Waals surface area contributed by atoms with Gasteiger partial charge in [0.25, 0.3) is 5.91 Å². The lowest BCUT2D eigenvalue weighted by molar-refractivity contribution is -0.162. The fourth-order valence-electron chi connectivity index (χ4n) is 2.02. The first-order valence-corrected chi connectivity index (χ1v) is 5.34. The summed E-state index contributed by atoms with van der Waals surface area (Å²) in [6, 6.07) is -0.685. The van der Waals surface area contributed by atoms with Gasteiger partial charge in [-0.2, -0.15) is 13.2 Å². The first-order chi connectivity index (χ1) is 8.72. The zero-order valence-corrected chi connectivity index (χ0v) is 9.54. The van der Waals surface area contributed by atoms with Gasteiger partial charge in [-0.3, -0.25) is 10.1 Å². The molecule has 2 N–H and O–H groups in total. The van der Waals surface area contributed by atoms with Gasteiger partial charge in [-0.1, -0.05) is 0 Å². The molecule has 1 atom stereocenters. The number of hydrogen-bond acceptors (Lipinski definition) is 4. The first kappa shape index (κ1) is 13.4. The van der Waals surface area contributed by atoms with Crippen molar-refractivity contribution in [1.82, 2.24) is 15.5 Å². The van der Waals surface area contributed by atoms with Crippen molar-refractivity contribution < 1.29 is 32.3 Å². The molecule has 0 aliphatic carbocycles. The number of halogens is 3. The van der Waals surface area contributed by atoms with E-state index in [4.69, 9.17) is 0 Å². The second-order valence-corrected chi connectivity index (χ2v) is 4.33. The van der Waals surface area contributed by atoms with Crippen LogP contribution in [-0.2, 0) is 9.53 Å². The minimum Gasteiger partial charge on any atom is -0.440 e. The number of ether oxygens (including phenoxy) is 1. The molecule has 4 amide bonds. The number of amides is 4. The summed E-state index contributed by atoms with van der Waals surface area (Å²) in [4.78, 5) is 34.9. The summed E-state index contributed by atoms with van der Waals surface area (Å²) in [5.41, 5.74) is -1.26. The molecule has 2 rings (SSSR count). The maximum atomic E-state index is 11.9. The molecule has 2 fully saturated rings. The molecule has 0 bridgehead atoms. The lowest BCUT2D eigenvalue weighted by atomic mass is 10.00. The van der Waals surface area contributed by atoms with Gasteiger partial charge < -0.3 is 15.0 Å². The molecule has 19 heavy (non-hydrogen) atoms. The molecule has 2 aliphatic heterocycles. The van der Waals surface area contributed by atoms with E-state index in [0.717, 1.165) is 4.90 Å². The van der Waals surface area contributed by atoms with Gasteiger partial charge in [0, 0.05) is 6.54 Å². The number of alkyl halides is 3. The van der Waals surface area contributed by atoms with E-state index in [1.54, 1.807) is 0 Å². The normalized spacial score (nSPS) is 26.6. The largest absolute Gasteiger partial charge is 0.440 e. The Morgan fingerprint density at radius 3 is 2.63 bits per heavy atom. The van der Waals surface area contributed by atoms with Crippen LogP contribution >= 0.6 is 0 Å². The molecule has 2 saturated heterocycles. The van der Waals surface area contributed by atoms with Gasteiger partial charge in [-0.05, 0) is 6.42 Å². The van der Waals surface area contributed by atoms with E-state index in [-0.39, 0.29) is 19.5 Å². The molecule has 0 radical (unpaired) electrons. The van der Waals surface area contributed by atoms with Gasteiger partial charge in [-0.15, -0.1) is 0 Å². The summed E-state index contributed by atoms with van der Waals surface area (Å²) in [6.07, 6.45) is -5.64. The van der Waals surface area contributed by atoms with Crippen molar-refractivity contribution in [2.75, 3.05) is 19.7 Å². The highest BCUT2D eigenvalue weighted by Gasteiger charge is 2.52. The van der Waals surface area contributed by atoms with E-state index < -0.39 is 36.4 Å². The van der Waals surface area contributed by atoms with Crippen LogP contribution in [0.25, 0.3) is 0 Å². The van der Waals surface area contributed by atoms with Crippen LogP contribution in [0, 0.1) is 0 Å². The third kappa shape index (κ3) is 2.71. The Kier molecular flexibility index (Phi) is 3.03. The standard InChI is InChI=1S/C9H10F3N3O4/c10-9(11,12)4-19-7(18)15-2-1-8(3-15)5(16)13-6(17)14-8/h1-4H2,(H2,13,14,16,17). The fraction of sp³-hybridized carbons (Fsp3) is 0.667. The van der Waals surface area contributed by atoms with Crippen LogP contribution in [0.15, 0.2) is 0 Å². The van der Waals surface area contributed by atoms with Crippen molar-refractivity contribution in [1.29, 1.82) is 0 Å². The van der Waals surface area contributed by atoms with Crippen LogP contribution in [0.4, 0.5) is 22.8 Å². The van der Waals surface area contributed by atoms with Gasteiger partial charge in [0.15, 0.2) is 6.61 Å². The number of carbonyl (C=O) groups excluding carboxylic acids is 3. The van der Waals surface area contributed by atoms with Gasteiger partial charge >= 0.3 is 18.3 Å². The molecule has 0 aromatic heterocycles. The molecule has 0 saturated carbocycles. The van der Waals surface area contributed by atoms with E-state index in [1.807, 2.05) is 5.32 Å². The number of likely N-dealkylation sites (tertiary alicyclic amines) is 1. The molecular formula is C9H10F3N3O4. The number of carbonyl (C=O) groups is 3. The van der Waals surface area contributed by atoms with Crippen molar-refractivity contribution in [2.24, 2.45) is 0 Å². The summed E-state index contributed by atoms with van der Waals surface area (Å²) in [5, 5.41) is 4.38. The predicted molar refractivity (Wildman–Crippen MR) is 53.0 cm³/mol. The third-order valence-corrected chi connectivity index (χ3v) is 2.90. The molecule has 2 heterocycles. The second-order valence-electron chi connectivity index (χ2n) is 4.33. The maximum absolute atomic E-state index is 11.9. The fourth-order valence-corrected chi connectivity index (χ4v) is 2.02. The molecule has 0 aromatic carbocycles. The predicted octanol–water partition coefficient (Wildman–Crippen LogP) is -0.0308. The number of urea groups is 1. The van der Waals surface area contributed by atoms with Crippen LogP contribution in [0.3, 0.4) is 0 Å². The van der Waals surface area contributed by atoms with E-state index in [0.29, 0.717) is 0 Å². The van der Waals surface area contributed by atoms with Crippen molar-refractivity contribution >= 4 is 18.0 Å². The second kappa shape index (κ2) is 4.28. The van der Waals surface area contributed by atoms with E-state index in [2.05, 4.69) is 10.1 Å². The van der Waals surface area contributed by atoms with Gasteiger partial charge in [0.05, 0.1) is 6.54 Å². The maximum Gasteiger partial charge on any atom is 0.422 e. The molecule has 1 spiro atoms. The lowest BCUT2D eigenvalue weighted by Crippen LogP contribution is -2.49. The van der Waals surface area contributed by atoms with E-state index >= 15 is 0 Å². The van der Waals surface area contributed by atoms with E-state index in [9.17, 15) is 27.6 Å². The van der Waals surface area contributed by atoms with Crippen LogP contribution in [0.1, 0.15) is 6.42 Å². The first-order valence-electron chi connectivity index (χ1n) is 5.34. The number of hydrogen-bond donors (Lipinski definition) is 2. The summed E-state index contributed by atoms with van der Waals surface area (Å²) in [7, 11) is 0. The van der Waals surface area contributed by atoms with Gasteiger partial charge in [0.1, 0.15) is 5.54 Å². The summed E-state index contributed by atoms with van der Waals surface area (Å²) in [6.45, 7) is -1.86. The molecule has 7 nitrogen and oxygen atoms in total. The van der Waals surface area contributed by atoms with Gasteiger partial charge in [0.2, 0.25) is 0 Å². The summed E-state index contributed by atoms with van der Waals surface area (Å²) >= 11 is 0. The van der Waals surface area contributed by atoms with Crippen molar-refractivity contribution in [2.45, 2.75) is 18.1 Å². The SMILES string of the molecule is O=C1NC(=O)C2(CCN(C(=O)OCC(F)(F)F)C2)N1. The molecule has 2 aliphatic rings. The van der Waals surface area contributed by atoms with Crippen molar-refractivity contribution in [3.63, 3.8) is 0 Å². The number of nitrogens with zero attached hydrogens (tertiary/aromatic N) is 1. The summed E-state index contributed by atoms with van der Waals surface area (Å²) in [5.74, 6) is -0.594. The van der Waals surface area contributed by atoms with Gasteiger partial charge in [-0.25, -0.2) is 9.59 Å². The van der Waals surface area contributed by atoms with Crippen LogP contribution in [-0.4, -0.2) is 54.3 Å². The monoisotopic (exact) mass is 281 g/mol. The molecule has 1 unspecified atom stereocenters. The Morgan fingerprint density at radius 2 is 2.11 bits per heavy atom. The van der Waals surface area contributed by atoms with Crippen LogP contribution in [0.2, 0.25) is 0 Å². The Morgan fingerprint density at radius 1 is 1.42 bits per heavy atom. The molecule has 106 valence electrons. The average Bonchev–Trinajstić information content (AvgIpc) is 2.81. The Labute approximate surface area is 105 Å². The zero-order chi connectivity index (χ0) is 14.3. The Bertz CT molecular complexity index is 439. The average molecular weight is 281 g/mol. The minimum absolute atomic E-state index is 0.0321. The molecular weight excluding hydrogens is 271 g/mol. The van der Waals surface area contributed by atoms with Crippen LogP contribution in [0.5, 0.6) is 0 Å². The quantitative estimate of drug-likeness (QED) is 0.661. The molecule has 10 heteroatoms. The zero-order valence-electron chi connectivity index (χ0n) is 9.54. The van der Waals surface area contributed by atoms with Crippen LogP contribution < -0.4 is 10.6 Å². The number of rotatable bonds is 1. The Balaban J connectivity index is 1.93. The Hall–Kier alpha value is -2.00. The summed E-state index contributed by atoms with van der Waals surface area (Å²) < 4.78 is 39.8. The highest BCUT2D eigenvalue weighted by Crippen LogP contribution is 2.25. The lowest BCUT2D eigenvalue weighted by Gasteiger charge is -2.20. The smallest absolute Gasteiger partial charge is 0.422 e. The third-order valence-electron chi connectivity index (χ3n) is 2.90.